The molecule has 0 spiro atoms. The van der Waals surface area contributed by atoms with Crippen molar-refractivity contribution in [2.24, 2.45) is 0 Å². The Kier molecular flexibility index (Phi) is 5.37. The Hall–Kier alpha value is -3.91. The molecule has 1 aliphatic carbocycles. The molecule has 1 saturated heterocycles. The Morgan fingerprint density at radius 3 is 2.34 bits per heavy atom. The average Bonchev–Trinajstić information content (AvgIpc) is 3.20. The van der Waals surface area contributed by atoms with Crippen LogP contribution < -0.4 is 0 Å². The van der Waals surface area contributed by atoms with Gasteiger partial charge in [0.25, 0.3) is 0 Å². The van der Waals surface area contributed by atoms with Gasteiger partial charge in [-0.2, -0.15) is 5.26 Å². The fourth-order valence-corrected chi connectivity index (χ4v) is 6.05. The second-order valence-electron chi connectivity index (χ2n) is 9.54. The summed E-state index contributed by atoms with van der Waals surface area (Å²) in [7, 11) is 0. The first-order valence-corrected chi connectivity index (χ1v) is 12.2. The van der Waals surface area contributed by atoms with E-state index in [-0.39, 0.29) is 36.3 Å². The molecule has 3 aromatic carbocycles. The molecule has 2 unspecified atom stereocenters. The topological polar surface area (TPSA) is 53.3 Å². The maximum Gasteiger partial charge on any atom is 0.410 e. The van der Waals surface area contributed by atoms with E-state index in [9.17, 15) is 14.4 Å². The minimum Gasteiger partial charge on any atom is -0.448 e. The number of hydrogen-bond acceptors (Lipinski definition) is 3. The fraction of sp³-hybridized carbons (Fsp3) is 0.267. The summed E-state index contributed by atoms with van der Waals surface area (Å²) in [4.78, 5) is 15.2. The lowest BCUT2D eigenvalue weighted by atomic mass is 9.82. The first kappa shape index (κ1) is 21.6. The van der Waals surface area contributed by atoms with E-state index < -0.39 is 5.82 Å². The Morgan fingerprint density at radius 2 is 1.66 bits per heavy atom. The number of nitrogens with zero attached hydrogens (tertiary/aromatic N) is 2. The molecule has 2 heterocycles. The van der Waals surface area contributed by atoms with Gasteiger partial charge in [-0.05, 0) is 59.6 Å². The Morgan fingerprint density at radius 1 is 0.971 bits per heavy atom. The molecule has 0 radical (unpaired) electrons. The third-order valence-corrected chi connectivity index (χ3v) is 7.65. The normalized spacial score (nSPS) is 20.5. The van der Waals surface area contributed by atoms with E-state index in [1.54, 1.807) is 12.1 Å². The van der Waals surface area contributed by atoms with Gasteiger partial charge in [0.15, 0.2) is 0 Å². The van der Waals surface area contributed by atoms with Crippen molar-refractivity contribution in [2.75, 3.05) is 6.61 Å². The van der Waals surface area contributed by atoms with E-state index in [1.165, 1.54) is 28.3 Å². The summed E-state index contributed by atoms with van der Waals surface area (Å²) >= 11 is 0. The van der Waals surface area contributed by atoms with Crippen LogP contribution in [0.1, 0.15) is 53.9 Å². The summed E-state index contributed by atoms with van der Waals surface area (Å²) in [5, 5.41) is 9.21. The van der Waals surface area contributed by atoms with Gasteiger partial charge in [0.1, 0.15) is 18.5 Å². The van der Waals surface area contributed by atoms with Gasteiger partial charge in [0.2, 0.25) is 0 Å². The van der Waals surface area contributed by atoms with E-state index in [2.05, 4.69) is 24.3 Å². The second kappa shape index (κ2) is 8.70. The standard InChI is InChI=1S/C30H25FN2O2/c31-29-19(17-32)7-5-14-23(29)20-15-21-8-6-9-22(16-20)33(21)30(34)35-18-28-26-12-3-1-10-24(26)25-11-2-4-13-27(25)28/h1-5,7,10-15,21-22,28H,6,8-9,16,18H2. The first-order valence-electron chi connectivity index (χ1n) is 12.2. The van der Waals surface area contributed by atoms with Crippen molar-refractivity contribution < 1.29 is 13.9 Å². The number of carbonyl (C=O) groups is 1. The van der Waals surface area contributed by atoms with Crippen molar-refractivity contribution in [2.45, 2.75) is 43.7 Å². The van der Waals surface area contributed by atoms with Crippen LogP contribution in [0.4, 0.5) is 9.18 Å². The van der Waals surface area contributed by atoms with Crippen LogP contribution in [0.2, 0.25) is 0 Å². The van der Waals surface area contributed by atoms with Crippen molar-refractivity contribution in [1.82, 2.24) is 4.90 Å². The predicted molar refractivity (Wildman–Crippen MR) is 132 cm³/mol. The number of carbonyl (C=O) groups excluding carboxylic acids is 1. The molecule has 3 aliphatic rings. The van der Waals surface area contributed by atoms with E-state index >= 15 is 0 Å². The third kappa shape index (κ3) is 3.61. The number of piperidine rings is 1. The lowest BCUT2D eigenvalue weighted by Gasteiger charge is -2.44. The molecule has 174 valence electrons. The number of benzene rings is 3. The van der Waals surface area contributed by atoms with Crippen LogP contribution in [-0.4, -0.2) is 29.7 Å². The molecule has 1 amide bonds. The number of rotatable bonds is 3. The molecule has 5 heteroatoms. The van der Waals surface area contributed by atoms with Gasteiger partial charge in [0, 0.05) is 17.5 Å². The molecular weight excluding hydrogens is 439 g/mol. The summed E-state index contributed by atoms with van der Waals surface area (Å²) in [5.41, 5.74) is 6.17. The quantitative estimate of drug-likeness (QED) is 0.436. The van der Waals surface area contributed by atoms with E-state index in [1.807, 2.05) is 41.3 Å². The van der Waals surface area contributed by atoms with Gasteiger partial charge in [-0.3, -0.25) is 4.90 Å². The second-order valence-corrected chi connectivity index (χ2v) is 9.54. The molecule has 35 heavy (non-hydrogen) atoms. The minimum absolute atomic E-state index is 0.0184. The van der Waals surface area contributed by atoms with Gasteiger partial charge >= 0.3 is 6.09 Å². The SMILES string of the molecule is N#Cc1cccc(C2=CC3CCCC(C2)N3C(=O)OCC2c3ccccc3-c3ccccc32)c1F. The monoisotopic (exact) mass is 464 g/mol. The fourth-order valence-electron chi connectivity index (χ4n) is 6.05. The van der Waals surface area contributed by atoms with E-state index in [0.717, 1.165) is 24.8 Å². The maximum atomic E-state index is 14.9. The largest absolute Gasteiger partial charge is 0.448 e. The highest BCUT2D eigenvalue weighted by molar-refractivity contribution is 5.79. The number of amides is 1. The number of ether oxygens (including phenoxy) is 1. The van der Waals surface area contributed by atoms with Crippen molar-refractivity contribution in [3.63, 3.8) is 0 Å². The van der Waals surface area contributed by atoms with Gasteiger partial charge in [0.05, 0.1) is 11.6 Å². The summed E-state index contributed by atoms with van der Waals surface area (Å²) in [6, 6.07) is 23.3. The minimum atomic E-state index is -0.478. The summed E-state index contributed by atoms with van der Waals surface area (Å²) in [5.74, 6) is -0.459. The highest BCUT2D eigenvalue weighted by Crippen LogP contribution is 2.45. The Labute approximate surface area is 204 Å². The van der Waals surface area contributed by atoms with Crippen LogP contribution in [0.25, 0.3) is 16.7 Å². The smallest absolute Gasteiger partial charge is 0.410 e. The van der Waals surface area contributed by atoms with Gasteiger partial charge < -0.3 is 4.74 Å². The Bertz CT molecular complexity index is 1340. The molecule has 2 atom stereocenters. The molecule has 0 N–H and O–H groups in total. The molecule has 4 nitrogen and oxygen atoms in total. The van der Waals surface area contributed by atoms with Crippen LogP contribution >= 0.6 is 0 Å². The zero-order valence-corrected chi connectivity index (χ0v) is 19.3. The van der Waals surface area contributed by atoms with E-state index in [0.29, 0.717) is 12.0 Å². The predicted octanol–water partition coefficient (Wildman–Crippen LogP) is 6.66. The van der Waals surface area contributed by atoms with Crippen molar-refractivity contribution in [3.8, 4) is 17.2 Å². The highest BCUT2D eigenvalue weighted by Gasteiger charge is 2.39. The molecule has 2 aliphatic heterocycles. The highest BCUT2D eigenvalue weighted by atomic mass is 19.1. The number of nitriles is 1. The molecule has 0 saturated carbocycles. The van der Waals surface area contributed by atoms with Crippen LogP contribution in [0.5, 0.6) is 0 Å². The van der Waals surface area contributed by atoms with Crippen LogP contribution in [0.15, 0.2) is 72.8 Å². The first-order chi connectivity index (χ1) is 17.2. The average molecular weight is 465 g/mol. The summed E-state index contributed by atoms with van der Waals surface area (Å²) < 4.78 is 20.8. The molecule has 3 aromatic rings. The van der Waals surface area contributed by atoms with Crippen molar-refractivity contribution in [1.29, 1.82) is 5.26 Å². The van der Waals surface area contributed by atoms with Crippen molar-refractivity contribution in [3.05, 3.63) is 101 Å². The Balaban J connectivity index is 1.23. The third-order valence-electron chi connectivity index (χ3n) is 7.65. The molecular formula is C30H25FN2O2. The summed E-state index contributed by atoms with van der Waals surface area (Å²) in [6.45, 7) is 0.290. The molecule has 2 bridgehead atoms. The number of fused-ring (bicyclic) bond motifs is 5. The van der Waals surface area contributed by atoms with Crippen LogP contribution in [-0.2, 0) is 4.74 Å². The van der Waals surface area contributed by atoms with Crippen LogP contribution in [0.3, 0.4) is 0 Å². The zero-order valence-electron chi connectivity index (χ0n) is 19.3. The molecule has 6 rings (SSSR count). The maximum absolute atomic E-state index is 14.9. The number of hydrogen-bond donors (Lipinski definition) is 0. The lowest BCUT2D eigenvalue weighted by molar-refractivity contribution is 0.0538. The van der Waals surface area contributed by atoms with Gasteiger partial charge in [-0.15, -0.1) is 0 Å². The van der Waals surface area contributed by atoms with Crippen molar-refractivity contribution >= 4 is 11.7 Å². The van der Waals surface area contributed by atoms with Gasteiger partial charge in [-0.25, -0.2) is 9.18 Å². The zero-order chi connectivity index (χ0) is 23.9. The molecule has 1 fully saturated rings. The van der Waals surface area contributed by atoms with Crippen LogP contribution in [0, 0.1) is 17.1 Å². The van der Waals surface area contributed by atoms with Gasteiger partial charge in [-0.1, -0.05) is 66.7 Å². The number of halogens is 1. The summed E-state index contributed by atoms with van der Waals surface area (Å²) in [6.07, 6.45) is 4.96. The molecule has 0 aromatic heterocycles. The van der Waals surface area contributed by atoms with E-state index in [4.69, 9.17) is 4.74 Å². The lowest BCUT2D eigenvalue weighted by Crippen LogP contribution is -2.52.